The van der Waals surface area contributed by atoms with Gasteiger partial charge < -0.3 is 15.4 Å². The lowest BCUT2D eigenvalue weighted by Crippen LogP contribution is -2.21. The number of esters is 1. The van der Waals surface area contributed by atoms with Crippen LogP contribution in [0, 0.1) is 0 Å². The molecule has 27 heavy (non-hydrogen) atoms. The van der Waals surface area contributed by atoms with Crippen LogP contribution in [0.4, 0.5) is 11.4 Å². The summed E-state index contributed by atoms with van der Waals surface area (Å²) in [7, 11) is 0. The van der Waals surface area contributed by atoms with Crippen molar-refractivity contribution in [3.8, 4) is 0 Å². The van der Waals surface area contributed by atoms with E-state index in [2.05, 4.69) is 24.5 Å². The van der Waals surface area contributed by atoms with Crippen LogP contribution < -0.4 is 10.6 Å². The zero-order valence-corrected chi connectivity index (χ0v) is 15.7. The number of amides is 2. The summed E-state index contributed by atoms with van der Waals surface area (Å²) in [6.45, 7) is 5.30. The summed E-state index contributed by atoms with van der Waals surface area (Å²) < 4.78 is 5.02. The van der Waals surface area contributed by atoms with Gasteiger partial charge in [0, 0.05) is 18.3 Å². The number of carbonyl (C=O) groups is 3. The van der Waals surface area contributed by atoms with Gasteiger partial charge >= 0.3 is 5.97 Å². The summed E-state index contributed by atoms with van der Waals surface area (Å²) in [4.78, 5) is 34.9. The molecule has 2 amide bonds. The van der Waals surface area contributed by atoms with Gasteiger partial charge in [0.05, 0.1) is 5.56 Å². The van der Waals surface area contributed by atoms with Crippen molar-refractivity contribution < 1.29 is 19.1 Å². The first kappa shape index (κ1) is 20.2. The first-order valence-electron chi connectivity index (χ1n) is 8.83. The third-order valence-corrected chi connectivity index (χ3v) is 4.15. The van der Waals surface area contributed by atoms with Gasteiger partial charge in [-0.1, -0.05) is 26.0 Å². The molecule has 0 saturated carbocycles. The van der Waals surface area contributed by atoms with Crippen molar-refractivity contribution in [1.29, 1.82) is 0 Å². The highest BCUT2D eigenvalue weighted by Crippen LogP contribution is 2.20. The van der Waals surface area contributed by atoms with Crippen molar-refractivity contribution in [1.82, 2.24) is 0 Å². The van der Waals surface area contributed by atoms with Crippen LogP contribution in [0.3, 0.4) is 0 Å². The molecular formula is C21H24N2O4. The minimum Gasteiger partial charge on any atom is -0.452 e. The molecule has 142 valence electrons. The highest BCUT2D eigenvalue weighted by molar-refractivity contribution is 5.96. The van der Waals surface area contributed by atoms with Crippen molar-refractivity contribution in [2.75, 3.05) is 17.2 Å². The number of anilines is 2. The normalized spacial score (nSPS) is 11.4. The maximum atomic E-state index is 12.0. The van der Waals surface area contributed by atoms with Gasteiger partial charge in [-0.15, -0.1) is 0 Å². The van der Waals surface area contributed by atoms with Crippen LogP contribution in [0.25, 0.3) is 0 Å². The molecule has 2 N–H and O–H groups in total. The molecule has 2 rings (SSSR count). The first-order valence-corrected chi connectivity index (χ1v) is 8.83. The average Bonchev–Trinajstić information content (AvgIpc) is 2.66. The zero-order chi connectivity index (χ0) is 19.8. The topological polar surface area (TPSA) is 84.5 Å². The van der Waals surface area contributed by atoms with E-state index in [0.717, 1.165) is 6.42 Å². The fraction of sp³-hybridized carbons (Fsp3) is 0.286. The molecule has 0 heterocycles. The van der Waals surface area contributed by atoms with Crippen molar-refractivity contribution in [2.24, 2.45) is 0 Å². The molecule has 0 spiro atoms. The van der Waals surface area contributed by atoms with Crippen LogP contribution >= 0.6 is 0 Å². The molecule has 0 aliphatic rings. The van der Waals surface area contributed by atoms with Crippen LogP contribution in [0.5, 0.6) is 0 Å². The lowest BCUT2D eigenvalue weighted by molar-refractivity contribution is -0.119. The minimum atomic E-state index is -0.605. The number of hydrogen-bond donors (Lipinski definition) is 2. The predicted molar refractivity (Wildman–Crippen MR) is 105 cm³/mol. The number of ether oxygens (including phenoxy) is 1. The second-order valence-electron chi connectivity index (χ2n) is 6.31. The van der Waals surface area contributed by atoms with E-state index in [-0.39, 0.29) is 12.5 Å². The van der Waals surface area contributed by atoms with Crippen LogP contribution in [0.1, 0.15) is 49.0 Å². The summed E-state index contributed by atoms with van der Waals surface area (Å²) in [5.41, 5.74) is 2.75. The second kappa shape index (κ2) is 9.52. The van der Waals surface area contributed by atoms with E-state index in [0.29, 0.717) is 22.9 Å². The Hall–Kier alpha value is -3.15. The van der Waals surface area contributed by atoms with Gasteiger partial charge in [0.25, 0.3) is 5.91 Å². The molecule has 0 bridgehead atoms. The SMILES string of the molecule is CC[C@H](C)c1ccc(NC(=O)COC(=O)c2ccc(NC(C)=O)cc2)cc1. The largest absolute Gasteiger partial charge is 0.452 e. The Balaban J connectivity index is 1.84. The van der Waals surface area contributed by atoms with Gasteiger partial charge in [0.15, 0.2) is 6.61 Å². The summed E-state index contributed by atoms with van der Waals surface area (Å²) in [6.07, 6.45) is 1.05. The summed E-state index contributed by atoms with van der Waals surface area (Å²) in [6, 6.07) is 13.9. The average molecular weight is 368 g/mol. The Labute approximate surface area is 158 Å². The molecular weight excluding hydrogens is 344 g/mol. The van der Waals surface area contributed by atoms with E-state index in [4.69, 9.17) is 4.74 Å². The third-order valence-electron chi connectivity index (χ3n) is 4.15. The highest BCUT2D eigenvalue weighted by atomic mass is 16.5. The van der Waals surface area contributed by atoms with E-state index >= 15 is 0 Å². The molecule has 0 saturated heterocycles. The summed E-state index contributed by atoms with van der Waals surface area (Å²) in [5.74, 6) is -0.743. The van der Waals surface area contributed by atoms with E-state index in [1.54, 1.807) is 12.1 Å². The molecule has 6 nitrogen and oxygen atoms in total. The summed E-state index contributed by atoms with van der Waals surface area (Å²) in [5, 5.41) is 5.31. The predicted octanol–water partition coefficient (Wildman–Crippen LogP) is 3.95. The summed E-state index contributed by atoms with van der Waals surface area (Å²) >= 11 is 0. The molecule has 6 heteroatoms. The van der Waals surface area contributed by atoms with Crippen LogP contribution in [0.2, 0.25) is 0 Å². The molecule has 0 aliphatic carbocycles. The van der Waals surface area contributed by atoms with Crippen molar-refractivity contribution in [2.45, 2.75) is 33.1 Å². The Morgan fingerprint density at radius 2 is 1.48 bits per heavy atom. The van der Waals surface area contributed by atoms with Crippen molar-refractivity contribution in [3.05, 3.63) is 59.7 Å². The Morgan fingerprint density at radius 3 is 2.04 bits per heavy atom. The molecule has 0 unspecified atom stereocenters. The second-order valence-corrected chi connectivity index (χ2v) is 6.31. The standard InChI is InChI=1S/C21H24N2O4/c1-4-14(2)16-5-9-19(10-6-16)23-20(25)13-27-21(26)17-7-11-18(12-8-17)22-15(3)24/h5-12,14H,4,13H2,1-3H3,(H,22,24)(H,23,25)/t14-/m0/s1. The van der Waals surface area contributed by atoms with Gasteiger partial charge in [0.1, 0.15) is 0 Å². The van der Waals surface area contributed by atoms with Crippen molar-refractivity contribution in [3.63, 3.8) is 0 Å². The molecule has 0 aromatic heterocycles. The van der Waals surface area contributed by atoms with Crippen LogP contribution in [-0.2, 0) is 14.3 Å². The quantitative estimate of drug-likeness (QED) is 0.725. The molecule has 1 atom stereocenters. The van der Waals surface area contributed by atoms with Crippen LogP contribution in [0.15, 0.2) is 48.5 Å². The minimum absolute atomic E-state index is 0.195. The van der Waals surface area contributed by atoms with Crippen molar-refractivity contribution >= 4 is 29.2 Å². The fourth-order valence-corrected chi connectivity index (χ4v) is 2.44. The number of carbonyl (C=O) groups excluding carboxylic acids is 3. The van der Waals surface area contributed by atoms with Gasteiger partial charge in [0.2, 0.25) is 5.91 Å². The lowest BCUT2D eigenvalue weighted by atomic mass is 9.99. The number of hydrogen-bond acceptors (Lipinski definition) is 4. The molecule has 2 aromatic carbocycles. The number of nitrogens with one attached hydrogen (secondary N) is 2. The van der Waals surface area contributed by atoms with E-state index in [1.165, 1.54) is 24.6 Å². The molecule has 0 fully saturated rings. The smallest absolute Gasteiger partial charge is 0.338 e. The third kappa shape index (κ3) is 6.26. The van der Waals surface area contributed by atoms with Crippen LogP contribution in [-0.4, -0.2) is 24.4 Å². The number of rotatable bonds is 7. The van der Waals surface area contributed by atoms with E-state index < -0.39 is 11.9 Å². The Kier molecular flexibility index (Phi) is 7.11. The molecule has 0 aliphatic heterocycles. The Bertz CT molecular complexity index is 798. The number of benzene rings is 2. The molecule has 2 aromatic rings. The maximum Gasteiger partial charge on any atom is 0.338 e. The van der Waals surface area contributed by atoms with E-state index in [9.17, 15) is 14.4 Å². The van der Waals surface area contributed by atoms with Gasteiger partial charge in [-0.3, -0.25) is 9.59 Å². The lowest BCUT2D eigenvalue weighted by Gasteiger charge is -2.11. The molecule has 0 radical (unpaired) electrons. The van der Waals surface area contributed by atoms with E-state index in [1.807, 2.05) is 24.3 Å². The first-order chi connectivity index (χ1) is 12.9. The van der Waals surface area contributed by atoms with Gasteiger partial charge in [-0.05, 0) is 54.3 Å². The fourth-order valence-electron chi connectivity index (χ4n) is 2.44. The zero-order valence-electron chi connectivity index (χ0n) is 15.7. The monoisotopic (exact) mass is 368 g/mol. The van der Waals surface area contributed by atoms with Gasteiger partial charge in [-0.25, -0.2) is 4.79 Å². The maximum absolute atomic E-state index is 12.0. The van der Waals surface area contributed by atoms with Gasteiger partial charge in [-0.2, -0.15) is 0 Å². The highest BCUT2D eigenvalue weighted by Gasteiger charge is 2.11. The Morgan fingerprint density at radius 1 is 0.926 bits per heavy atom.